The lowest BCUT2D eigenvalue weighted by Gasteiger charge is -2.44. The van der Waals surface area contributed by atoms with Crippen molar-refractivity contribution in [1.29, 1.82) is 0 Å². The Labute approximate surface area is 140 Å². The highest BCUT2D eigenvalue weighted by molar-refractivity contribution is 5.80. The summed E-state index contributed by atoms with van der Waals surface area (Å²) in [6.07, 6.45) is 0.817. The van der Waals surface area contributed by atoms with Crippen LogP contribution >= 0.6 is 0 Å². The summed E-state index contributed by atoms with van der Waals surface area (Å²) in [6, 6.07) is 5.58. The van der Waals surface area contributed by atoms with Crippen LogP contribution in [-0.2, 0) is 16.0 Å². The Morgan fingerprint density at radius 3 is 2.88 bits per heavy atom. The predicted octanol–water partition coefficient (Wildman–Crippen LogP) is 1.40. The molecule has 0 bridgehead atoms. The molecule has 0 aromatic heterocycles. The van der Waals surface area contributed by atoms with Crippen LogP contribution in [0.1, 0.15) is 18.9 Å². The molecule has 0 saturated carbocycles. The number of amides is 2. The molecule has 2 amide bonds. The van der Waals surface area contributed by atoms with Crippen molar-refractivity contribution < 1.29 is 23.8 Å². The van der Waals surface area contributed by atoms with Crippen LogP contribution in [-0.4, -0.2) is 60.4 Å². The number of hydrogen-bond donors (Lipinski definition) is 0. The molecule has 2 saturated heterocycles. The van der Waals surface area contributed by atoms with Crippen molar-refractivity contribution >= 4 is 12.0 Å². The maximum absolute atomic E-state index is 12.7. The Bertz CT molecular complexity index is 692. The first-order valence-electron chi connectivity index (χ1n) is 8.22. The smallest absolute Gasteiger partial charge is 0.410 e. The molecule has 128 valence electrons. The highest BCUT2D eigenvalue weighted by Crippen LogP contribution is 2.34. The molecule has 4 rings (SSSR count). The molecular formula is C17H20N2O5. The molecule has 0 spiro atoms. The molecule has 0 N–H and O–H groups in total. The molecule has 2 fully saturated rings. The van der Waals surface area contributed by atoms with Gasteiger partial charge in [-0.2, -0.15) is 0 Å². The van der Waals surface area contributed by atoms with E-state index in [1.165, 1.54) is 0 Å². The third kappa shape index (κ3) is 2.35. The van der Waals surface area contributed by atoms with E-state index in [9.17, 15) is 9.59 Å². The number of piperazine rings is 1. The van der Waals surface area contributed by atoms with E-state index >= 15 is 0 Å². The van der Waals surface area contributed by atoms with E-state index in [0.717, 1.165) is 12.0 Å². The molecular weight excluding hydrogens is 312 g/mol. The molecule has 3 aliphatic rings. The maximum Gasteiger partial charge on any atom is 0.410 e. The minimum atomic E-state index is -0.375. The minimum Gasteiger partial charge on any atom is -0.454 e. The summed E-state index contributed by atoms with van der Waals surface area (Å²) in [5.74, 6) is 1.46. The Morgan fingerprint density at radius 1 is 1.21 bits per heavy atom. The number of fused-ring (bicyclic) bond motifs is 2. The van der Waals surface area contributed by atoms with Crippen LogP contribution in [0.2, 0.25) is 0 Å². The fourth-order valence-electron chi connectivity index (χ4n) is 3.61. The molecule has 3 aliphatic heterocycles. The van der Waals surface area contributed by atoms with Gasteiger partial charge < -0.3 is 19.1 Å². The van der Waals surface area contributed by atoms with E-state index in [4.69, 9.17) is 14.2 Å². The van der Waals surface area contributed by atoms with Gasteiger partial charge in [-0.1, -0.05) is 13.0 Å². The van der Waals surface area contributed by atoms with Crippen LogP contribution in [0, 0.1) is 0 Å². The van der Waals surface area contributed by atoms with Gasteiger partial charge in [0.2, 0.25) is 12.7 Å². The van der Waals surface area contributed by atoms with Crippen molar-refractivity contribution in [2.45, 2.75) is 25.3 Å². The average Bonchev–Trinajstić information content (AvgIpc) is 3.19. The van der Waals surface area contributed by atoms with Crippen LogP contribution in [0.5, 0.6) is 11.5 Å². The lowest BCUT2D eigenvalue weighted by Crippen LogP contribution is -2.62. The summed E-state index contributed by atoms with van der Waals surface area (Å²) < 4.78 is 15.9. The number of rotatable bonds is 3. The summed E-state index contributed by atoms with van der Waals surface area (Å²) in [5, 5.41) is 0. The minimum absolute atomic E-state index is 0.0562. The molecule has 24 heavy (non-hydrogen) atoms. The Morgan fingerprint density at radius 2 is 2.04 bits per heavy atom. The normalized spacial score (nSPS) is 24.8. The third-order valence-electron chi connectivity index (χ3n) is 5.14. The highest BCUT2D eigenvalue weighted by atomic mass is 16.7. The fourth-order valence-corrected chi connectivity index (χ4v) is 3.61. The third-order valence-corrected chi connectivity index (χ3v) is 5.14. The zero-order valence-corrected chi connectivity index (χ0v) is 13.6. The standard InChI is InChI=1S/C17H20N2O5/c1-2-17-9-18(5-6-19(17)16(21)22-10-17)15(20)8-12-3-4-13-14(7-12)24-11-23-13/h3-4,7H,2,5-6,8-11H2,1H3. The van der Waals surface area contributed by atoms with Crippen LogP contribution in [0.3, 0.4) is 0 Å². The molecule has 7 heteroatoms. The number of ether oxygens (including phenoxy) is 3. The SMILES string of the molecule is CCC12COC(=O)N1CCN(C(=O)Cc1ccc3c(c1)OCO3)C2. The number of benzene rings is 1. The summed E-state index contributed by atoms with van der Waals surface area (Å²) in [4.78, 5) is 28.1. The van der Waals surface area contributed by atoms with E-state index in [2.05, 4.69) is 0 Å². The van der Waals surface area contributed by atoms with Crippen molar-refractivity contribution in [2.24, 2.45) is 0 Å². The van der Waals surface area contributed by atoms with Gasteiger partial charge in [0, 0.05) is 19.6 Å². The monoisotopic (exact) mass is 332 g/mol. The molecule has 0 radical (unpaired) electrons. The molecule has 1 atom stereocenters. The Kier molecular flexibility index (Phi) is 3.51. The van der Waals surface area contributed by atoms with E-state index in [1.807, 2.05) is 30.0 Å². The Hall–Kier alpha value is -2.44. The zero-order valence-electron chi connectivity index (χ0n) is 13.6. The highest BCUT2D eigenvalue weighted by Gasteiger charge is 2.50. The zero-order chi connectivity index (χ0) is 16.7. The summed E-state index contributed by atoms with van der Waals surface area (Å²) in [6.45, 7) is 4.21. The van der Waals surface area contributed by atoms with Crippen molar-refractivity contribution in [3.8, 4) is 11.5 Å². The maximum atomic E-state index is 12.7. The number of cyclic esters (lactones) is 1. The van der Waals surface area contributed by atoms with E-state index in [-0.39, 0.29) is 24.3 Å². The van der Waals surface area contributed by atoms with Crippen LogP contribution < -0.4 is 9.47 Å². The average molecular weight is 332 g/mol. The summed E-state index contributed by atoms with van der Waals surface area (Å²) in [7, 11) is 0. The number of hydrogen-bond acceptors (Lipinski definition) is 5. The largest absolute Gasteiger partial charge is 0.454 e. The molecule has 3 heterocycles. The van der Waals surface area contributed by atoms with Crippen LogP contribution in [0.4, 0.5) is 4.79 Å². The van der Waals surface area contributed by atoms with Gasteiger partial charge in [-0.3, -0.25) is 9.69 Å². The Balaban J connectivity index is 1.46. The number of nitrogens with zero attached hydrogens (tertiary/aromatic N) is 2. The first kappa shape index (κ1) is 15.1. The van der Waals surface area contributed by atoms with Crippen LogP contribution in [0.15, 0.2) is 18.2 Å². The first-order valence-corrected chi connectivity index (χ1v) is 8.22. The lowest BCUT2D eigenvalue weighted by molar-refractivity contribution is -0.134. The molecule has 0 aliphatic carbocycles. The van der Waals surface area contributed by atoms with Gasteiger partial charge in [0.25, 0.3) is 0 Å². The van der Waals surface area contributed by atoms with Gasteiger partial charge in [-0.15, -0.1) is 0 Å². The molecule has 1 aromatic rings. The fraction of sp³-hybridized carbons (Fsp3) is 0.529. The van der Waals surface area contributed by atoms with Crippen molar-refractivity contribution in [1.82, 2.24) is 9.80 Å². The van der Waals surface area contributed by atoms with Crippen LogP contribution in [0.25, 0.3) is 0 Å². The quantitative estimate of drug-likeness (QED) is 0.837. The van der Waals surface area contributed by atoms with Gasteiger partial charge in [0.05, 0.1) is 12.0 Å². The molecule has 7 nitrogen and oxygen atoms in total. The second-order valence-corrected chi connectivity index (χ2v) is 6.46. The van der Waals surface area contributed by atoms with E-state index in [0.29, 0.717) is 44.2 Å². The van der Waals surface area contributed by atoms with Crippen molar-refractivity contribution in [2.75, 3.05) is 33.0 Å². The second kappa shape index (κ2) is 5.58. The van der Waals surface area contributed by atoms with Gasteiger partial charge >= 0.3 is 6.09 Å². The molecule has 1 unspecified atom stereocenters. The van der Waals surface area contributed by atoms with E-state index in [1.54, 1.807) is 4.90 Å². The second-order valence-electron chi connectivity index (χ2n) is 6.46. The topological polar surface area (TPSA) is 68.3 Å². The first-order chi connectivity index (χ1) is 11.6. The summed E-state index contributed by atoms with van der Waals surface area (Å²) in [5.41, 5.74) is 0.524. The number of carbonyl (C=O) groups excluding carboxylic acids is 2. The molecule has 1 aromatic carbocycles. The number of carbonyl (C=O) groups is 2. The van der Waals surface area contributed by atoms with Gasteiger partial charge in [-0.25, -0.2) is 4.79 Å². The summed E-state index contributed by atoms with van der Waals surface area (Å²) >= 11 is 0. The van der Waals surface area contributed by atoms with Gasteiger partial charge in [0.15, 0.2) is 11.5 Å². The van der Waals surface area contributed by atoms with Crippen molar-refractivity contribution in [3.63, 3.8) is 0 Å². The van der Waals surface area contributed by atoms with Crippen molar-refractivity contribution in [3.05, 3.63) is 23.8 Å². The van der Waals surface area contributed by atoms with Gasteiger partial charge in [0.1, 0.15) is 6.61 Å². The lowest BCUT2D eigenvalue weighted by atomic mass is 9.92. The van der Waals surface area contributed by atoms with E-state index < -0.39 is 0 Å². The van der Waals surface area contributed by atoms with Gasteiger partial charge in [-0.05, 0) is 24.1 Å². The predicted molar refractivity (Wildman–Crippen MR) is 83.9 cm³/mol.